The third-order valence-electron chi connectivity index (χ3n) is 6.09. The summed E-state index contributed by atoms with van der Waals surface area (Å²) in [5.41, 5.74) is -3.36. The van der Waals surface area contributed by atoms with E-state index >= 15 is 0 Å². The smallest absolute Gasteiger partial charge is 0.416 e. The molecule has 0 atom stereocenters. The van der Waals surface area contributed by atoms with E-state index in [1.54, 1.807) is 0 Å². The second kappa shape index (κ2) is 12.7. The molecule has 0 unspecified atom stereocenters. The Morgan fingerprint density at radius 1 is 1.05 bits per heavy atom. The normalized spacial score (nSPS) is 14.7. The lowest BCUT2D eigenvalue weighted by atomic mass is 10.0. The van der Waals surface area contributed by atoms with Gasteiger partial charge in [-0.05, 0) is 54.6 Å². The molecular weight excluding hydrogens is 636 g/mol. The van der Waals surface area contributed by atoms with Gasteiger partial charge in [-0.3, -0.25) is 14.5 Å². The molecule has 2 amide bonds. The highest BCUT2D eigenvalue weighted by Crippen LogP contribution is 2.39. The highest BCUT2D eigenvalue weighted by Gasteiger charge is 2.37. The lowest BCUT2D eigenvalue weighted by Gasteiger charge is -2.15. The van der Waals surface area contributed by atoms with Crippen molar-refractivity contribution in [2.45, 2.75) is 18.8 Å². The Hall–Kier alpha value is -4.44. The molecule has 3 aromatic rings. The number of halogens is 6. The summed E-state index contributed by atoms with van der Waals surface area (Å²) in [5.74, 6) is -2.18. The van der Waals surface area contributed by atoms with Crippen LogP contribution in [0, 0.1) is 0 Å². The Balaban J connectivity index is 1.49. The zero-order valence-corrected chi connectivity index (χ0v) is 23.9. The molecule has 2 N–H and O–H groups in total. The number of nitrogens with zero attached hydrogens (tertiary/aromatic N) is 2. The Labute approximate surface area is 254 Å². The molecule has 2 heterocycles. The van der Waals surface area contributed by atoms with Crippen LogP contribution in [0.15, 0.2) is 59.5 Å². The van der Waals surface area contributed by atoms with Gasteiger partial charge in [0.25, 0.3) is 5.91 Å². The maximum atomic E-state index is 13.3. The molecule has 16 heteroatoms. The number of pyridine rings is 1. The van der Waals surface area contributed by atoms with Gasteiger partial charge in [-0.15, -0.1) is 0 Å². The summed E-state index contributed by atoms with van der Waals surface area (Å²) in [6.07, 6.45) is -8.98. The minimum absolute atomic E-state index is 0.0184. The number of rotatable bonds is 8. The summed E-state index contributed by atoms with van der Waals surface area (Å²) in [5, 5.41) is 11.7. The summed E-state index contributed by atoms with van der Waals surface area (Å²) < 4.78 is 85.1. The highest BCUT2D eigenvalue weighted by atomic mass is 32.2. The number of alkyl halides is 6. The van der Waals surface area contributed by atoms with Crippen molar-refractivity contribution in [1.82, 2.24) is 9.88 Å². The number of benzene rings is 2. The van der Waals surface area contributed by atoms with Crippen molar-refractivity contribution >= 4 is 57.8 Å². The number of amides is 2. The lowest BCUT2D eigenvalue weighted by Crippen LogP contribution is -2.31. The van der Waals surface area contributed by atoms with Crippen LogP contribution in [0.25, 0.3) is 17.3 Å². The molecule has 4 rings (SSSR count). The molecule has 0 bridgehead atoms. The SMILES string of the molecule is COc1cc(C(=O)O)ccc1NC(=O)CCN1C(=O)/C(=C/c2cccc(-c3cc(C(F)(F)F)cc(C(F)(F)F)c3)n2)SC1=S. The van der Waals surface area contributed by atoms with E-state index in [9.17, 15) is 40.7 Å². The molecule has 1 aliphatic heterocycles. The standard InChI is InChI=1S/C28H19F6N3O5S2/c1-42-21-11-14(25(40)41)5-6-20(21)36-23(38)7-8-37-24(39)22(44-26(37)43)13-18-3-2-4-19(35-18)15-9-16(27(29,30)31)12-17(10-15)28(32,33)34/h2-6,9-13H,7-8H2,1H3,(H,36,38)(H,40,41)/b22-13-. The van der Waals surface area contributed by atoms with Gasteiger partial charge >= 0.3 is 18.3 Å². The molecule has 1 saturated heterocycles. The van der Waals surface area contributed by atoms with Gasteiger partial charge in [-0.25, -0.2) is 9.78 Å². The zero-order valence-electron chi connectivity index (χ0n) is 22.2. The second-order valence-electron chi connectivity index (χ2n) is 9.09. The van der Waals surface area contributed by atoms with Crippen molar-refractivity contribution in [3.05, 3.63) is 81.9 Å². The first kappa shape index (κ1) is 32.5. The number of carbonyl (C=O) groups excluding carboxylic acids is 2. The molecular formula is C28H19F6N3O5S2. The van der Waals surface area contributed by atoms with Gasteiger partial charge in [0.1, 0.15) is 10.1 Å². The van der Waals surface area contributed by atoms with Crippen LogP contribution in [-0.4, -0.2) is 50.7 Å². The maximum Gasteiger partial charge on any atom is 0.416 e. The van der Waals surface area contributed by atoms with Gasteiger partial charge in [0.05, 0.1) is 45.8 Å². The van der Waals surface area contributed by atoms with Gasteiger partial charge in [0, 0.05) is 18.5 Å². The van der Waals surface area contributed by atoms with E-state index in [1.165, 1.54) is 49.6 Å². The number of thioether (sulfide) groups is 1. The molecule has 0 radical (unpaired) electrons. The Kier molecular flexibility index (Phi) is 9.34. The summed E-state index contributed by atoms with van der Waals surface area (Å²) in [6, 6.07) is 9.01. The number of hydrogen-bond acceptors (Lipinski definition) is 7. The number of carboxylic acid groups (broad SMARTS) is 1. The van der Waals surface area contributed by atoms with Crippen LogP contribution in [0.4, 0.5) is 32.0 Å². The van der Waals surface area contributed by atoms with E-state index in [1.807, 2.05) is 0 Å². The molecule has 1 aliphatic rings. The second-order valence-corrected chi connectivity index (χ2v) is 10.8. The van der Waals surface area contributed by atoms with Gasteiger partial charge < -0.3 is 15.2 Å². The van der Waals surface area contributed by atoms with E-state index in [0.29, 0.717) is 12.1 Å². The molecule has 1 aromatic heterocycles. The third kappa shape index (κ3) is 7.55. The summed E-state index contributed by atoms with van der Waals surface area (Å²) in [6.45, 7) is -0.124. The largest absolute Gasteiger partial charge is 0.495 e. The third-order valence-corrected chi connectivity index (χ3v) is 7.47. The van der Waals surface area contributed by atoms with E-state index in [0.717, 1.165) is 16.7 Å². The van der Waals surface area contributed by atoms with Crippen molar-refractivity contribution in [3.63, 3.8) is 0 Å². The number of methoxy groups -OCH3 is 1. The minimum Gasteiger partial charge on any atom is -0.495 e. The van der Waals surface area contributed by atoms with Gasteiger partial charge in [0.15, 0.2) is 0 Å². The van der Waals surface area contributed by atoms with Gasteiger partial charge in [-0.2, -0.15) is 26.3 Å². The lowest BCUT2D eigenvalue weighted by molar-refractivity contribution is -0.143. The first-order valence-electron chi connectivity index (χ1n) is 12.3. The van der Waals surface area contributed by atoms with Crippen LogP contribution in [0.1, 0.15) is 33.6 Å². The van der Waals surface area contributed by atoms with Crippen LogP contribution < -0.4 is 10.1 Å². The summed E-state index contributed by atoms with van der Waals surface area (Å²) in [7, 11) is 1.30. The molecule has 2 aromatic carbocycles. The number of aromatic carboxylic acids is 1. The van der Waals surface area contributed by atoms with Crippen molar-refractivity contribution in [1.29, 1.82) is 0 Å². The Bertz CT molecular complexity index is 1660. The van der Waals surface area contributed by atoms with Crippen molar-refractivity contribution in [2.75, 3.05) is 19.0 Å². The molecule has 0 aliphatic carbocycles. The van der Waals surface area contributed by atoms with Crippen LogP contribution in [0.5, 0.6) is 5.75 Å². The first-order chi connectivity index (χ1) is 20.6. The van der Waals surface area contributed by atoms with Gasteiger partial charge in [-0.1, -0.05) is 30.0 Å². The summed E-state index contributed by atoms with van der Waals surface area (Å²) in [4.78, 5) is 42.1. The molecule has 8 nitrogen and oxygen atoms in total. The predicted octanol–water partition coefficient (Wildman–Crippen LogP) is 6.72. The van der Waals surface area contributed by atoms with E-state index in [4.69, 9.17) is 22.1 Å². The fourth-order valence-corrected chi connectivity index (χ4v) is 5.27. The minimum atomic E-state index is -5.03. The molecule has 1 fully saturated rings. The van der Waals surface area contributed by atoms with E-state index in [-0.39, 0.29) is 56.6 Å². The number of carbonyl (C=O) groups is 3. The average Bonchev–Trinajstić information content (AvgIpc) is 3.22. The number of hydrogen-bond donors (Lipinski definition) is 2. The quantitative estimate of drug-likeness (QED) is 0.156. The Morgan fingerprint density at radius 3 is 2.30 bits per heavy atom. The monoisotopic (exact) mass is 655 g/mol. The molecule has 230 valence electrons. The number of carboxylic acids is 1. The van der Waals surface area contributed by atoms with Crippen molar-refractivity contribution in [3.8, 4) is 17.0 Å². The molecule has 44 heavy (non-hydrogen) atoms. The van der Waals surface area contributed by atoms with E-state index in [2.05, 4.69) is 10.3 Å². The predicted molar refractivity (Wildman–Crippen MR) is 153 cm³/mol. The summed E-state index contributed by atoms with van der Waals surface area (Å²) >= 11 is 6.14. The average molecular weight is 656 g/mol. The fourth-order valence-electron chi connectivity index (χ4n) is 3.98. The number of aromatic nitrogens is 1. The number of ether oxygens (including phenoxy) is 1. The van der Waals surface area contributed by atoms with Crippen LogP contribution >= 0.6 is 24.0 Å². The van der Waals surface area contributed by atoms with Gasteiger partial charge in [0.2, 0.25) is 5.91 Å². The highest BCUT2D eigenvalue weighted by molar-refractivity contribution is 8.26. The van der Waals surface area contributed by atoms with Crippen LogP contribution in [0.3, 0.4) is 0 Å². The Morgan fingerprint density at radius 2 is 1.70 bits per heavy atom. The number of nitrogens with one attached hydrogen (secondary N) is 1. The van der Waals surface area contributed by atoms with Crippen LogP contribution in [0.2, 0.25) is 0 Å². The molecule has 0 spiro atoms. The fraction of sp³-hybridized carbons (Fsp3) is 0.179. The molecule has 0 saturated carbocycles. The van der Waals surface area contributed by atoms with Crippen LogP contribution in [-0.2, 0) is 21.9 Å². The topological polar surface area (TPSA) is 109 Å². The number of thiocarbonyl (C=S) groups is 1. The maximum absolute atomic E-state index is 13.3. The number of anilines is 1. The van der Waals surface area contributed by atoms with Crippen molar-refractivity contribution in [2.24, 2.45) is 0 Å². The van der Waals surface area contributed by atoms with E-state index < -0.39 is 46.8 Å². The first-order valence-corrected chi connectivity index (χ1v) is 13.5. The zero-order chi connectivity index (χ0) is 32.4. The van der Waals surface area contributed by atoms with Crippen molar-refractivity contribution < 1.29 is 50.6 Å².